The van der Waals surface area contributed by atoms with E-state index < -0.39 is 11.8 Å². The number of rotatable bonds is 5. The molecule has 0 aliphatic carbocycles. The van der Waals surface area contributed by atoms with Crippen molar-refractivity contribution in [3.63, 3.8) is 0 Å². The largest absolute Gasteiger partial charge is 0.325 e. The van der Waals surface area contributed by atoms with Crippen LogP contribution in [0, 0.1) is 5.82 Å². The SMILES string of the molecule is O=C(Nc1cccc(F)c1)Nc1nnc(SCc2cccnc2)s1. The van der Waals surface area contributed by atoms with Crippen LogP contribution in [0.4, 0.5) is 20.0 Å². The van der Waals surface area contributed by atoms with Gasteiger partial charge in [-0.05, 0) is 29.8 Å². The van der Waals surface area contributed by atoms with Crippen LogP contribution in [0.2, 0.25) is 0 Å². The van der Waals surface area contributed by atoms with Gasteiger partial charge in [0.1, 0.15) is 5.82 Å². The molecule has 0 atom stereocenters. The number of hydrogen-bond donors (Lipinski definition) is 2. The van der Waals surface area contributed by atoms with Gasteiger partial charge in [-0.25, -0.2) is 9.18 Å². The van der Waals surface area contributed by atoms with Gasteiger partial charge in [-0.3, -0.25) is 10.3 Å². The Bertz CT molecular complexity index is 827. The minimum absolute atomic E-state index is 0.364. The standard InChI is InChI=1S/C15H12FN5OS2/c16-11-4-1-5-12(7-11)18-13(22)19-14-20-21-15(24-14)23-9-10-3-2-6-17-8-10/h1-8H,9H2,(H2,18,19,20,22). The summed E-state index contributed by atoms with van der Waals surface area (Å²) in [6.45, 7) is 0. The van der Waals surface area contributed by atoms with Crippen molar-refractivity contribution >= 4 is 39.9 Å². The first-order chi connectivity index (χ1) is 11.7. The van der Waals surface area contributed by atoms with E-state index in [4.69, 9.17) is 0 Å². The van der Waals surface area contributed by atoms with E-state index in [1.54, 1.807) is 18.5 Å². The molecule has 2 heterocycles. The van der Waals surface area contributed by atoms with Gasteiger partial charge in [-0.15, -0.1) is 10.2 Å². The fraction of sp³-hybridized carbons (Fsp3) is 0.0667. The summed E-state index contributed by atoms with van der Waals surface area (Å²) < 4.78 is 13.8. The molecular weight excluding hydrogens is 349 g/mol. The Hall–Kier alpha value is -2.52. The second-order valence-electron chi connectivity index (χ2n) is 4.61. The van der Waals surface area contributed by atoms with Crippen LogP contribution in [0.3, 0.4) is 0 Å². The quantitative estimate of drug-likeness (QED) is 0.530. The van der Waals surface area contributed by atoms with Crippen molar-refractivity contribution in [1.29, 1.82) is 0 Å². The summed E-state index contributed by atoms with van der Waals surface area (Å²) in [5, 5.41) is 13.4. The third-order valence-electron chi connectivity index (χ3n) is 2.79. The molecule has 6 nitrogen and oxygen atoms in total. The highest BCUT2D eigenvalue weighted by Gasteiger charge is 2.09. The zero-order chi connectivity index (χ0) is 16.8. The maximum Gasteiger partial charge on any atom is 0.325 e. The predicted molar refractivity (Wildman–Crippen MR) is 92.7 cm³/mol. The van der Waals surface area contributed by atoms with E-state index in [9.17, 15) is 9.18 Å². The van der Waals surface area contributed by atoms with Crippen LogP contribution in [-0.2, 0) is 5.75 Å². The molecule has 0 bridgehead atoms. The lowest BCUT2D eigenvalue weighted by atomic mass is 10.3. The van der Waals surface area contributed by atoms with E-state index in [2.05, 4.69) is 25.8 Å². The molecule has 2 aromatic heterocycles. The van der Waals surface area contributed by atoms with E-state index in [0.717, 1.165) is 15.7 Å². The van der Waals surface area contributed by atoms with Crippen LogP contribution >= 0.6 is 23.1 Å². The molecule has 2 amide bonds. The Morgan fingerprint density at radius 1 is 1.21 bits per heavy atom. The lowest BCUT2D eigenvalue weighted by Gasteiger charge is -2.04. The molecule has 3 rings (SSSR count). The van der Waals surface area contributed by atoms with E-state index in [1.807, 2.05) is 12.1 Å². The summed E-state index contributed by atoms with van der Waals surface area (Å²) in [5.74, 6) is 0.301. The molecule has 0 spiro atoms. The van der Waals surface area contributed by atoms with Gasteiger partial charge in [0, 0.05) is 23.8 Å². The first-order valence-corrected chi connectivity index (χ1v) is 8.68. The highest BCUT2D eigenvalue weighted by atomic mass is 32.2. The predicted octanol–water partition coefficient (Wildman–Crippen LogP) is 4.01. The molecule has 3 aromatic rings. The minimum Gasteiger partial charge on any atom is -0.308 e. The Kier molecular flexibility index (Phi) is 5.34. The van der Waals surface area contributed by atoms with Crippen molar-refractivity contribution in [1.82, 2.24) is 15.2 Å². The number of urea groups is 1. The number of benzene rings is 1. The summed E-state index contributed by atoms with van der Waals surface area (Å²) in [7, 11) is 0. The number of amides is 2. The summed E-state index contributed by atoms with van der Waals surface area (Å²) >= 11 is 2.78. The number of pyridine rings is 1. The Morgan fingerprint density at radius 2 is 2.12 bits per heavy atom. The number of hydrogen-bond acceptors (Lipinski definition) is 6. The van der Waals surface area contributed by atoms with Crippen molar-refractivity contribution in [2.75, 3.05) is 10.6 Å². The number of thioether (sulfide) groups is 1. The van der Waals surface area contributed by atoms with E-state index in [0.29, 0.717) is 10.8 Å². The molecule has 122 valence electrons. The van der Waals surface area contributed by atoms with Crippen molar-refractivity contribution in [3.8, 4) is 0 Å². The molecule has 9 heteroatoms. The Morgan fingerprint density at radius 3 is 2.92 bits per heavy atom. The molecule has 0 saturated carbocycles. The van der Waals surface area contributed by atoms with Gasteiger partial charge < -0.3 is 5.32 Å². The number of nitrogens with one attached hydrogen (secondary N) is 2. The topological polar surface area (TPSA) is 79.8 Å². The molecule has 0 unspecified atom stereocenters. The fourth-order valence-corrected chi connectivity index (χ4v) is 3.45. The Balaban J connectivity index is 1.53. The number of carbonyl (C=O) groups is 1. The lowest BCUT2D eigenvalue weighted by molar-refractivity contribution is 0.262. The van der Waals surface area contributed by atoms with Gasteiger partial charge in [-0.1, -0.05) is 35.2 Å². The van der Waals surface area contributed by atoms with Crippen molar-refractivity contribution in [2.24, 2.45) is 0 Å². The van der Waals surface area contributed by atoms with E-state index in [-0.39, 0.29) is 0 Å². The molecule has 2 N–H and O–H groups in total. The zero-order valence-electron chi connectivity index (χ0n) is 12.3. The van der Waals surface area contributed by atoms with Crippen LogP contribution in [0.25, 0.3) is 0 Å². The van der Waals surface area contributed by atoms with Gasteiger partial charge in [0.25, 0.3) is 0 Å². The maximum absolute atomic E-state index is 13.1. The molecule has 0 fully saturated rings. The third kappa shape index (κ3) is 4.74. The Labute approximate surface area is 145 Å². The fourth-order valence-electron chi connectivity index (χ4n) is 1.77. The smallest absolute Gasteiger partial charge is 0.308 e. The molecule has 0 aliphatic rings. The highest BCUT2D eigenvalue weighted by molar-refractivity contribution is 8.00. The molecule has 0 radical (unpaired) electrons. The number of carbonyl (C=O) groups excluding carboxylic acids is 1. The average Bonchev–Trinajstić information content (AvgIpc) is 3.01. The number of halogens is 1. The van der Waals surface area contributed by atoms with Crippen molar-refractivity contribution in [2.45, 2.75) is 10.1 Å². The average molecular weight is 361 g/mol. The number of nitrogens with zero attached hydrogens (tertiary/aromatic N) is 3. The zero-order valence-corrected chi connectivity index (χ0v) is 13.9. The summed E-state index contributed by atoms with van der Waals surface area (Å²) in [6, 6.07) is 9.00. The summed E-state index contributed by atoms with van der Waals surface area (Å²) in [6.07, 6.45) is 3.51. The monoisotopic (exact) mass is 361 g/mol. The minimum atomic E-state index is -0.499. The van der Waals surface area contributed by atoms with E-state index >= 15 is 0 Å². The van der Waals surface area contributed by atoms with Crippen LogP contribution in [0.5, 0.6) is 0 Å². The molecule has 24 heavy (non-hydrogen) atoms. The maximum atomic E-state index is 13.1. The first kappa shape index (κ1) is 16.3. The van der Waals surface area contributed by atoms with Gasteiger partial charge in [-0.2, -0.15) is 0 Å². The molecular formula is C15H12FN5OS2. The van der Waals surface area contributed by atoms with Crippen LogP contribution in [-0.4, -0.2) is 21.2 Å². The lowest BCUT2D eigenvalue weighted by Crippen LogP contribution is -2.19. The summed E-state index contributed by atoms with van der Waals surface area (Å²) in [4.78, 5) is 15.9. The second-order valence-corrected chi connectivity index (χ2v) is 6.81. The second kappa shape index (κ2) is 7.84. The molecule has 1 aromatic carbocycles. The highest BCUT2D eigenvalue weighted by Crippen LogP contribution is 2.28. The molecule has 0 saturated heterocycles. The van der Waals surface area contributed by atoms with Gasteiger partial charge in [0.05, 0.1) is 0 Å². The van der Waals surface area contributed by atoms with Crippen molar-refractivity contribution < 1.29 is 9.18 Å². The van der Waals surface area contributed by atoms with Crippen LogP contribution in [0.15, 0.2) is 53.1 Å². The summed E-state index contributed by atoms with van der Waals surface area (Å²) in [5.41, 5.74) is 1.44. The first-order valence-electron chi connectivity index (χ1n) is 6.88. The van der Waals surface area contributed by atoms with Crippen LogP contribution in [0.1, 0.15) is 5.56 Å². The third-order valence-corrected chi connectivity index (χ3v) is 4.84. The van der Waals surface area contributed by atoms with E-state index in [1.165, 1.54) is 41.3 Å². The normalized spacial score (nSPS) is 10.4. The van der Waals surface area contributed by atoms with Gasteiger partial charge in [0.2, 0.25) is 5.13 Å². The van der Waals surface area contributed by atoms with Gasteiger partial charge >= 0.3 is 6.03 Å². The van der Waals surface area contributed by atoms with Crippen molar-refractivity contribution in [3.05, 3.63) is 60.2 Å². The number of anilines is 2. The molecule has 0 aliphatic heterocycles. The van der Waals surface area contributed by atoms with Crippen LogP contribution < -0.4 is 10.6 Å². The van der Waals surface area contributed by atoms with Gasteiger partial charge in [0.15, 0.2) is 4.34 Å². The number of aromatic nitrogens is 3.